The number of rotatable bonds is 6. The number of aryl methyl sites for hydroxylation is 1. The summed E-state index contributed by atoms with van der Waals surface area (Å²) in [6.45, 7) is 5.04. The van der Waals surface area contributed by atoms with Gasteiger partial charge in [0.2, 0.25) is 0 Å². The average molecular weight is 310 g/mol. The van der Waals surface area contributed by atoms with Crippen molar-refractivity contribution in [2.24, 2.45) is 0 Å². The SMILES string of the molecule is CCN(Cc1ccccc1)C(=O)c1cc(NC2CC2)nc(C)n1. The zero-order valence-corrected chi connectivity index (χ0v) is 13.6. The molecule has 0 unspecified atom stereocenters. The van der Waals surface area contributed by atoms with Crippen LogP contribution in [-0.2, 0) is 6.54 Å². The van der Waals surface area contributed by atoms with Crippen LogP contribution in [-0.4, -0.2) is 33.4 Å². The Hall–Kier alpha value is -2.43. The molecule has 5 nitrogen and oxygen atoms in total. The molecule has 0 atom stereocenters. The number of hydrogen-bond donors (Lipinski definition) is 1. The third kappa shape index (κ3) is 4.06. The van der Waals surface area contributed by atoms with Crippen LogP contribution in [0.3, 0.4) is 0 Å². The molecule has 1 amide bonds. The molecule has 1 aromatic heterocycles. The van der Waals surface area contributed by atoms with Gasteiger partial charge in [0, 0.05) is 25.2 Å². The molecule has 0 bridgehead atoms. The van der Waals surface area contributed by atoms with Crippen molar-refractivity contribution in [1.82, 2.24) is 14.9 Å². The molecule has 1 N–H and O–H groups in total. The van der Waals surface area contributed by atoms with Crippen LogP contribution in [0.2, 0.25) is 0 Å². The molecule has 2 aromatic rings. The fourth-order valence-corrected chi connectivity index (χ4v) is 2.48. The van der Waals surface area contributed by atoms with Crippen LogP contribution in [0.1, 0.15) is 41.6 Å². The largest absolute Gasteiger partial charge is 0.367 e. The molecule has 0 aliphatic heterocycles. The molecule has 0 spiro atoms. The monoisotopic (exact) mass is 310 g/mol. The Labute approximate surface area is 136 Å². The highest BCUT2D eigenvalue weighted by atomic mass is 16.2. The Balaban J connectivity index is 1.78. The molecular weight excluding hydrogens is 288 g/mol. The second kappa shape index (κ2) is 6.77. The predicted molar refractivity (Wildman–Crippen MR) is 90.3 cm³/mol. The second-order valence-electron chi connectivity index (χ2n) is 5.91. The Bertz CT molecular complexity index is 683. The lowest BCUT2D eigenvalue weighted by Gasteiger charge is -2.21. The third-order valence-corrected chi connectivity index (χ3v) is 3.87. The van der Waals surface area contributed by atoms with E-state index >= 15 is 0 Å². The Morgan fingerprint density at radius 2 is 2.00 bits per heavy atom. The van der Waals surface area contributed by atoms with Crippen LogP contribution in [0, 0.1) is 6.92 Å². The van der Waals surface area contributed by atoms with Gasteiger partial charge in [0.25, 0.3) is 5.91 Å². The van der Waals surface area contributed by atoms with Crippen molar-refractivity contribution in [2.45, 2.75) is 39.3 Å². The first kappa shape index (κ1) is 15.5. The zero-order chi connectivity index (χ0) is 16.2. The van der Waals surface area contributed by atoms with Crippen LogP contribution < -0.4 is 5.32 Å². The fourth-order valence-electron chi connectivity index (χ4n) is 2.48. The summed E-state index contributed by atoms with van der Waals surface area (Å²) in [6, 6.07) is 12.3. The quantitative estimate of drug-likeness (QED) is 0.891. The van der Waals surface area contributed by atoms with Gasteiger partial charge in [0.15, 0.2) is 0 Å². The van der Waals surface area contributed by atoms with Crippen molar-refractivity contribution < 1.29 is 4.79 Å². The molecule has 1 fully saturated rings. The minimum atomic E-state index is -0.0549. The number of hydrogen-bond acceptors (Lipinski definition) is 4. The van der Waals surface area contributed by atoms with E-state index in [9.17, 15) is 4.79 Å². The molecule has 23 heavy (non-hydrogen) atoms. The molecule has 1 saturated carbocycles. The number of aromatic nitrogens is 2. The average Bonchev–Trinajstić information content (AvgIpc) is 3.36. The second-order valence-corrected chi connectivity index (χ2v) is 5.91. The van der Waals surface area contributed by atoms with E-state index in [0.29, 0.717) is 30.6 Å². The fraction of sp³-hybridized carbons (Fsp3) is 0.389. The highest BCUT2D eigenvalue weighted by molar-refractivity contribution is 5.93. The standard InChI is InChI=1S/C18H22N4O/c1-3-22(12-14-7-5-4-6-8-14)18(23)16-11-17(20-13(2)19-16)21-15-9-10-15/h4-8,11,15H,3,9-10,12H2,1-2H3,(H,19,20,21). The number of nitrogens with one attached hydrogen (secondary N) is 1. The van der Waals surface area contributed by atoms with E-state index in [1.54, 1.807) is 11.0 Å². The lowest BCUT2D eigenvalue weighted by atomic mass is 10.2. The highest BCUT2D eigenvalue weighted by Gasteiger charge is 2.23. The van der Waals surface area contributed by atoms with Gasteiger partial charge < -0.3 is 10.2 Å². The van der Waals surface area contributed by atoms with Crippen LogP contribution in [0.5, 0.6) is 0 Å². The number of carbonyl (C=O) groups is 1. The molecule has 1 aliphatic rings. The molecule has 0 radical (unpaired) electrons. The van der Waals surface area contributed by atoms with Gasteiger partial charge in [-0.25, -0.2) is 9.97 Å². The van der Waals surface area contributed by atoms with Gasteiger partial charge in [-0.2, -0.15) is 0 Å². The van der Waals surface area contributed by atoms with Gasteiger partial charge >= 0.3 is 0 Å². The summed E-state index contributed by atoms with van der Waals surface area (Å²) >= 11 is 0. The van der Waals surface area contributed by atoms with Crippen LogP contribution in [0.25, 0.3) is 0 Å². The number of amides is 1. The van der Waals surface area contributed by atoms with Crippen molar-refractivity contribution in [3.63, 3.8) is 0 Å². The topological polar surface area (TPSA) is 58.1 Å². The first-order valence-electron chi connectivity index (χ1n) is 8.11. The third-order valence-electron chi connectivity index (χ3n) is 3.87. The van der Waals surface area contributed by atoms with E-state index in [1.165, 1.54) is 12.8 Å². The maximum absolute atomic E-state index is 12.8. The molecule has 1 heterocycles. The zero-order valence-electron chi connectivity index (χ0n) is 13.6. The van der Waals surface area contributed by atoms with Crippen molar-refractivity contribution >= 4 is 11.7 Å². The van der Waals surface area contributed by atoms with E-state index in [1.807, 2.05) is 44.2 Å². The Morgan fingerprint density at radius 3 is 2.65 bits per heavy atom. The summed E-state index contributed by atoms with van der Waals surface area (Å²) in [7, 11) is 0. The number of anilines is 1. The summed E-state index contributed by atoms with van der Waals surface area (Å²) < 4.78 is 0. The van der Waals surface area contributed by atoms with Crippen LogP contribution in [0.15, 0.2) is 36.4 Å². The Kier molecular flexibility index (Phi) is 4.55. The minimum Gasteiger partial charge on any atom is -0.367 e. The van der Waals surface area contributed by atoms with Crippen molar-refractivity contribution in [3.8, 4) is 0 Å². The van der Waals surface area contributed by atoms with Gasteiger partial charge in [-0.05, 0) is 32.3 Å². The number of carbonyl (C=O) groups excluding carboxylic acids is 1. The maximum Gasteiger partial charge on any atom is 0.272 e. The van der Waals surface area contributed by atoms with E-state index in [4.69, 9.17) is 0 Å². The normalized spacial score (nSPS) is 13.7. The number of benzene rings is 1. The minimum absolute atomic E-state index is 0.0549. The summed E-state index contributed by atoms with van der Waals surface area (Å²) in [5.41, 5.74) is 1.57. The number of nitrogens with zero attached hydrogens (tertiary/aromatic N) is 3. The lowest BCUT2D eigenvalue weighted by molar-refractivity contribution is 0.0746. The van der Waals surface area contributed by atoms with Gasteiger partial charge in [0.1, 0.15) is 17.3 Å². The molecule has 120 valence electrons. The van der Waals surface area contributed by atoms with Crippen LogP contribution >= 0.6 is 0 Å². The molecule has 0 saturated heterocycles. The van der Waals surface area contributed by atoms with Gasteiger partial charge in [-0.3, -0.25) is 4.79 Å². The molecule has 1 aromatic carbocycles. The van der Waals surface area contributed by atoms with Gasteiger partial charge in [0.05, 0.1) is 0 Å². The highest BCUT2D eigenvalue weighted by Crippen LogP contribution is 2.24. The maximum atomic E-state index is 12.8. The van der Waals surface area contributed by atoms with Crippen molar-refractivity contribution in [3.05, 3.63) is 53.5 Å². The Morgan fingerprint density at radius 1 is 1.26 bits per heavy atom. The first-order valence-corrected chi connectivity index (χ1v) is 8.11. The molecule has 3 rings (SSSR count). The molecule has 1 aliphatic carbocycles. The smallest absolute Gasteiger partial charge is 0.272 e. The van der Waals surface area contributed by atoms with Gasteiger partial charge in [-0.1, -0.05) is 30.3 Å². The van der Waals surface area contributed by atoms with Crippen molar-refractivity contribution in [1.29, 1.82) is 0 Å². The van der Waals surface area contributed by atoms with Crippen LogP contribution in [0.4, 0.5) is 5.82 Å². The van der Waals surface area contributed by atoms with Gasteiger partial charge in [-0.15, -0.1) is 0 Å². The van der Waals surface area contributed by atoms with E-state index in [-0.39, 0.29) is 5.91 Å². The van der Waals surface area contributed by atoms with E-state index in [0.717, 1.165) is 11.4 Å². The van der Waals surface area contributed by atoms with E-state index < -0.39 is 0 Å². The summed E-state index contributed by atoms with van der Waals surface area (Å²) in [5, 5.41) is 3.34. The summed E-state index contributed by atoms with van der Waals surface area (Å²) in [5.74, 6) is 1.31. The summed E-state index contributed by atoms with van der Waals surface area (Å²) in [6.07, 6.45) is 2.34. The lowest BCUT2D eigenvalue weighted by Crippen LogP contribution is -2.31. The summed E-state index contributed by atoms with van der Waals surface area (Å²) in [4.78, 5) is 23.3. The first-order chi connectivity index (χ1) is 11.2. The molecule has 5 heteroatoms. The predicted octanol–water partition coefficient (Wildman–Crippen LogP) is 3.02. The van der Waals surface area contributed by atoms with E-state index in [2.05, 4.69) is 15.3 Å². The molecular formula is C18H22N4O. The van der Waals surface area contributed by atoms with Crippen molar-refractivity contribution in [2.75, 3.05) is 11.9 Å².